The van der Waals surface area contributed by atoms with Crippen molar-refractivity contribution in [1.82, 2.24) is 24.5 Å². The maximum Gasteiger partial charge on any atom is 0.184 e. The molecule has 2 atom stereocenters. The molecule has 0 saturated heterocycles. The molecular weight excluding hydrogens is 314 g/mol. The van der Waals surface area contributed by atoms with E-state index in [-0.39, 0.29) is 0 Å². The molecule has 6 heteroatoms. The fourth-order valence-electron chi connectivity index (χ4n) is 3.37. The summed E-state index contributed by atoms with van der Waals surface area (Å²) < 4.78 is 9.30. The van der Waals surface area contributed by atoms with Crippen molar-refractivity contribution in [3.8, 4) is 11.4 Å². The highest BCUT2D eigenvalue weighted by Crippen LogP contribution is 2.32. The molecule has 0 N–H and O–H groups in total. The zero-order valence-corrected chi connectivity index (χ0v) is 14.7. The number of rotatable bonds is 6. The standard InChI is InChI=1S/C19H23N5O/c1-23-18(10-15-8-9-17(15)25-2)21-19(22-23)16-11-20-24(13-16)12-14-6-4-3-5-7-14/h3-7,11,13,15,17H,8-10,12H2,1-2H3. The number of hydrogen-bond acceptors (Lipinski definition) is 4. The Balaban J connectivity index is 1.48. The largest absolute Gasteiger partial charge is 0.381 e. The van der Waals surface area contributed by atoms with Crippen LogP contribution in [0.1, 0.15) is 24.2 Å². The van der Waals surface area contributed by atoms with Crippen molar-refractivity contribution < 1.29 is 4.74 Å². The SMILES string of the molecule is COC1CCC1Cc1nc(-c2cnn(Cc3ccccc3)c2)nn1C. The molecule has 0 radical (unpaired) electrons. The number of ether oxygens (including phenoxy) is 1. The van der Waals surface area contributed by atoms with Gasteiger partial charge in [-0.1, -0.05) is 30.3 Å². The highest BCUT2D eigenvalue weighted by molar-refractivity contribution is 5.51. The van der Waals surface area contributed by atoms with Gasteiger partial charge in [0.1, 0.15) is 5.82 Å². The van der Waals surface area contributed by atoms with E-state index in [2.05, 4.69) is 22.3 Å². The van der Waals surface area contributed by atoms with Crippen molar-refractivity contribution in [2.24, 2.45) is 13.0 Å². The van der Waals surface area contributed by atoms with E-state index < -0.39 is 0 Å². The Morgan fingerprint density at radius 3 is 2.76 bits per heavy atom. The van der Waals surface area contributed by atoms with Gasteiger partial charge in [0.05, 0.1) is 24.4 Å². The lowest BCUT2D eigenvalue weighted by molar-refractivity contribution is -0.0168. The highest BCUT2D eigenvalue weighted by Gasteiger charge is 2.32. The van der Waals surface area contributed by atoms with Gasteiger partial charge in [0, 0.05) is 26.8 Å². The van der Waals surface area contributed by atoms with Crippen molar-refractivity contribution in [2.45, 2.75) is 31.9 Å². The first-order chi connectivity index (χ1) is 12.2. The monoisotopic (exact) mass is 337 g/mol. The molecule has 3 aromatic rings. The van der Waals surface area contributed by atoms with Crippen molar-refractivity contribution in [1.29, 1.82) is 0 Å². The average Bonchev–Trinajstić information content (AvgIpc) is 3.20. The van der Waals surface area contributed by atoms with E-state index in [0.717, 1.165) is 36.6 Å². The Morgan fingerprint density at radius 2 is 2.04 bits per heavy atom. The van der Waals surface area contributed by atoms with Crippen LogP contribution in [0.5, 0.6) is 0 Å². The topological polar surface area (TPSA) is 57.8 Å². The van der Waals surface area contributed by atoms with E-state index in [9.17, 15) is 0 Å². The van der Waals surface area contributed by atoms with Crippen molar-refractivity contribution in [3.05, 3.63) is 54.1 Å². The summed E-state index contributed by atoms with van der Waals surface area (Å²) in [6.07, 6.45) is 7.49. The Hall–Kier alpha value is -2.47. The number of aryl methyl sites for hydroxylation is 1. The lowest BCUT2D eigenvalue weighted by Gasteiger charge is -2.34. The first kappa shape index (κ1) is 16.0. The van der Waals surface area contributed by atoms with Crippen molar-refractivity contribution >= 4 is 0 Å². The third kappa shape index (κ3) is 3.35. The maximum atomic E-state index is 5.49. The zero-order valence-electron chi connectivity index (χ0n) is 14.7. The molecule has 1 fully saturated rings. The fraction of sp³-hybridized carbons (Fsp3) is 0.421. The summed E-state index contributed by atoms with van der Waals surface area (Å²) in [5.41, 5.74) is 2.18. The van der Waals surface area contributed by atoms with Crippen LogP contribution in [0.25, 0.3) is 11.4 Å². The van der Waals surface area contributed by atoms with Gasteiger partial charge in [0.25, 0.3) is 0 Å². The summed E-state index contributed by atoms with van der Waals surface area (Å²) in [6.45, 7) is 0.748. The summed E-state index contributed by atoms with van der Waals surface area (Å²) in [5.74, 6) is 2.31. The lowest BCUT2D eigenvalue weighted by atomic mass is 9.79. The molecule has 2 heterocycles. The molecule has 0 spiro atoms. The van der Waals surface area contributed by atoms with Gasteiger partial charge < -0.3 is 4.74 Å². The van der Waals surface area contributed by atoms with Gasteiger partial charge in [-0.15, -0.1) is 0 Å². The van der Waals surface area contributed by atoms with Crippen LogP contribution in [0.3, 0.4) is 0 Å². The maximum absolute atomic E-state index is 5.49. The number of aromatic nitrogens is 5. The number of methoxy groups -OCH3 is 1. The normalized spacial score (nSPS) is 19.8. The van der Waals surface area contributed by atoms with Gasteiger partial charge in [0.15, 0.2) is 5.82 Å². The van der Waals surface area contributed by atoms with Gasteiger partial charge in [-0.2, -0.15) is 10.2 Å². The van der Waals surface area contributed by atoms with E-state index in [4.69, 9.17) is 9.72 Å². The molecule has 6 nitrogen and oxygen atoms in total. The van der Waals surface area contributed by atoms with E-state index in [1.165, 1.54) is 12.0 Å². The van der Waals surface area contributed by atoms with Crippen LogP contribution >= 0.6 is 0 Å². The smallest absolute Gasteiger partial charge is 0.184 e. The molecule has 0 aliphatic heterocycles. The summed E-state index contributed by atoms with van der Waals surface area (Å²) in [5, 5.41) is 9.02. The third-order valence-corrected chi connectivity index (χ3v) is 5.03. The van der Waals surface area contributed by atoms with Gasteiger partial charge in [-0.05, 0) is 24.3 Å². The van der Waals surface area contributed by atoms with Gasteiger partial charge in [-0.25, -0.2) is 4.98 Å². The first-order valence-corrected chi connectivity index (χ1v) is 8.72. The molecule has 1 aliphatic carbocycles. The Kier molecular flexibility index (Phi) is 4.36. The van der Waals surface area contributed by atoms with Crippen molar-refractivity contribution in [2.75, 3.05) is 7.11 Å². The third-order valence-electron chi connectivity index (χ3n) is 5.03. The number of nitrogens with zero attached hydrogens (tertiary/aromatic N) is 5. The molecule has 1 aliphatic rings. The minimum absolute atomic E-state index is 0.369. The molecule has 0 amide bonds. The molecule has 1 aromatic carbocycles. The van der Waals surface area contributed by atoms with Gasteiger partial charge in [-0.3, -0.25) is 9.36 Å². The fourth-order valence-corrected chi connectivity index (χ4v) is 3.37. The predicted octanol–water partition coefficient (Wildman–Crippen LogP) is 2.69. The quantitative estimate of drug-likeness (QED) is 0.694. The van der Waals surface area contributed by atoms with Crippen LogP contribution in [-0.4, -0.2) is 37.8 Å². The second-order valence-corrected chi connectivity index (χ2v) is 6.70. The summed E-state index contributed by atoms with van der Waals surface area (Å²) in [6, 6.07) is 10.3. The molecule has 25 heavy (non-hydrogen) atoms. The summed E-state index contributed by atoms with van der Waals surface area (Å²) in [4.78, 5) is 4.73. The van der Waals surface area contributed by atoms with E-state index >= 15 is 0 Å². The van der Waals surface area contributed by atoms with Crippen LogP contribution in [0.2, 0.25) is 0 Å². The highest BCUT2D eigenvalue weighted by atomic mass is 16.5. The number of benzene rings is 1. The molecule has 130 valence electrons. The average molecular weight is 337 g/mol. The van der Waals surface area contributed by atoms with Crippen LogP contribution in [0, 0.1) is 5.92 Å². The van der Waals surface area contributed by atoms with E-state index in [1.807, 2.05) is 47.0 Å². The minimum atomic E-state index is 0.369. The second kappa shape index (κ2) is 6.80. The molecule has 2 aromatic heterocycles. The van der Waals surface area contributed by atoms with Gasteiger partial charge in [0.2, 0.25) is 0 Å². The Bertz CT molecular complexity index is 837. The Labute approximate surface area is 147 Å². The second-order valence-electron chi connectivity index (χ2n) is 6.70. The molecule has 2 unspecified atom stereocenters. The van der Waals surface area contributed by atoms with E-state index in [1.54, 1.807) is 7.11 Å². The molecule has 4 rings (SSSR count). The molecular formula is C19H23N5O. The lowest BCUT2D eigenvalue weighted by Crippen LogP contribution is -2.35. The predicted molar refractivity (Wildman–Crippen MR) is 95.0 cm³/mol. The molecule has 1 saturated carbocycles. The minimum Gasteiger partial charge on any atom is -0.381 e. The van der Waals surface area contributed by atoms with Gasteiger partial charge >= 0.3 is 0 Å². The zero-order chi connectivity index (χ0) is 17.2. The van der Waals surface area contributed by atoms with Crippen LogP contribution in [0.15, 0.2) is 42.7 Å². The first-order valence-electron chi connectivity index (χ1n) is 8.72. The summed E-state index contributed by atoms with van der Waals surface area (Å²) in [7, 11) is 3.75. The van der Waals surface area contributed by atoms with Crippen LogP contribution < -0.4 is 0 Å². The number of hydrogen-bond donors (Lipinski definition) is 0. The Morgan fingerprint density at radius 1 is 1.20 bits per heavy atom. The van der Waals surface area contributed by atoms with Crippen LogP contribution in [-0.2, 0) is 24.8 Å². The van der Waals surface area contributed by atoms with Crippen LogP contribution in [0.4, 0.5) is 0 Å². The van der Waals surface area contributed by atoms with E-state index in [0.29, 0.717) is 12.0 Å². The molecule has 0 bridgehead atoms. The van der Waals surface area contributed by atoms with Crippen molar-refractivity contribution in [3.63, 3.8) is 0 Å². The summed E-state index contributed by atoms with van der Waals surface area (Å²) >= 11 is 0.